The Hall–Kier alpha value is -2.48. The first-order valence-electron chi connectivity index (χ1n) is 7.91. The fourth-order valence-corrected chi connectivity index (χ4v) is 3.22. The lowest BCUT2D eigenvalue weighted by molar-refractivity contribution is 0.684. The Morgan fingerprint density at radius 2 is 1.59 bits per heavy atom. The molecule has 1 aliphatic rings. The quantitative estimate of drug-likeness (QED) is 0.683. The lowest BCUT2D eigenvalue weighted by Gasteiger charge is -2.20. The summed E-state index contributed by atoms with van der Waals surface area (Å²) in [7, 11) is 0. The normalized spacial score (nSPS) is 13.6. The molecular formula is C20H18N2. The van der Waals surface area contributed by atoms with Gasteiger partial charge in [0.05, 0.1) is 17.1 Å². The summed E-state index contributed by atoms with van der Waals surface area (Å²) in [5, 5.41) is 0. The molecule has 2 aromatic heterocycles. The molecule has 0 bridgehead atoms. The van der Waals surface area contributed by atoms with Crippen LogP contribution in [0.2, 0.25) is 0 Å². The SMILES string of the molecule is c1ccc(-c2cc3c(c(-c4ccccn4)n2)CCCC3)cc1. The Bertz CT molecular complexity index is 780. The van der Waals surface area contributed by atoms with Crippen LogP contribution in [0.1, 0.15) is 24.0 Å². The number of benzene rings is 1. The first-order valence-corrected chi connectivity index (χ1v) is 7.91. The van der Waals surface area contributed by atoms with Crippen molar-refractivity contribution in [2.75, 3.05) is 0 Å². The van der Waals surface area contributed by atoms with Crippen molar-refractivity contribution >= 4 is 0 Å². The van der Waals surface area contributed by atoms with Gasteiger partial charge < -0.3 is 0 Å². The van der Waals surface area contributed by atoms with Crippen LogP contribution in [0, 0.1) is 0 Å². The van der Waals surface area contributed by atoms with Crippen molar-refractivity contribution in [3.63, 3.8) is 0 Å². The minimum absolute atomic E-state index is 0.985. The maximum absolute atomic E-state index is 4.96. The van der Waals surface area contributed by atoms with Crippen LogP contribution in [0.15, 0.2) is 60.8 Å². The molecule has 0 atom stereocenters. The number of fused-ring (bicyclic) bond motifs is 1. The van der Waals surface area contributed by atoms with Gasteiger partial charge in [-0.15, -0.1) is 0 Å². The largest absolute Gasteiger partial charge is 0.255 e. The highest BCUT2D eigenvalue weighted by atomic mass is 14.8. The third kappa shape index (κ3) is 2.41. The van der Waals surface area contributed by atoms with E-state index < -0.39 is 0 Å². The van der Waals surface area contributed by atoms with Crippen LogP contribution >= 0.6 is 0 Å². The number of pyridine rings is 2. The number of hydrogen-bond acceptors (Lipinski definition) is 2. The van der Waals surface area contributed by atoms with Crippen molar-refractivity contribution in [3.8, 4) is 22.6 Å². The predicted octanol–water partition coefficient (Wildman–Crippen LogP) is 4.69. The lowest BCUT2D eigenvalue weighted by atomic mass is 9.88. The van der Waals surface area contributed by atoms with Crippen LogP contribution in [0.3, 0.4) is 0 Å². The van der Waals surface area contributed by atoms with E-state index in [9.17, 15) is 0 Å². The third-order valence-electron chi connectivity index (χ3n) is 4.32. The fourth-order valence-electron chi connectivity index (χ4n) is 3.22. The average molecular weight is 286 g/mol. The number of hydrogen-bond donors (Lipinski definition) is 0. The van der Waals surface area contributed by atoms with E-state index in [0.29, 0.717) is 0 Å². The highest BCUT2D eigenvalue weighted by molar-refractivity contribution is 5.69. The van der Waals surface area contributed by atoms with Gasteiger partial charge in [0.1, 0.15) is 0 Å². The molecule has 1 aromatic carbocycles. The molecule has 2 nitrogen and oxygen atoms in total. The van der Waals surface area contributed by atoms with E-state index in [4.69, 9.17) is 4.98 Å². The molecule has 0 radical (unpaired) electrons. The summed E-state index contributed by atoms with van der Waals surface area (Å²) in [6, 6.07) is 18.8. The predicted molar refractivity (Wildman–Crippen MR) is 89.5 cm³/mol. The van der Waals surface area contributed by atoms with E-state index in [1.54, 1.807) is 0 Å². The topological polar surface area (TPSA) is 25.8 Å². The second kappa shape index (κ2) is 5.72. The van der Waals surface area contributed by atoms with E-state index >= 15 is 0 Å². The maximum Gasteiger partial charge on any atom is 0.0928 e. The fraction of sp³-hybridized carbons (Fsp3) is 0.200. The van der Waals surface area contributed by atoms with Crippen LogP contribution < -0.4 is 0 Å². The van der Waals surface area contributed by atoms with Gasteiger partial charge in [0.15, 0.2) is 0 Å². The Morgan fingerprint density at radius 3 is 2.41 bits per heavy atom. The van der Waals surface area contributed by atoms with Gasteiger partial charge in [0.25, 0.3) is 0 Å². The van der Waals surface area contributed by atoms with Crippen molar-refractivity contribution in [1.29, 1.82) is 0 Å². The zero-order valence-electron chi connectivity index (χ0n) is 12.5. The Morgan fingerprint density at radius 1 is 0.773 bits per heavy atom. The monoisotopic (exact) mass is 286 g/mol. The van der Waals surface area contributed by atoms with E-state index in [0.717, 1.165) is 29.9 Å². The minimum Gasteiger partial charge on any atom is -0.255 e. The molecular weight excluding hydrogens is 268 g/mol. The average Bonchev–Trinajstić information content (AvgIpc) is 2.62. The molecule has 0 amide bonds. The Kier molecular flexibility index (Phi) is 3.43. The van der Waals surface area contributed by atoms with Gasteiger partial charge in [-0.1, -0.05) is 36.4 Å². The van der Waals surface area contributed by atoms with E-state index in [2.05, 4.69) is 41.4 Å². The number of nitrogens with zero attached hydrogens (tertiary/aromatic N) is 2. The summed E-state index contributed by atoms with van der Waals surface area (Å²) >= 11 is 0. The summed E-state index contributed by atoms with van der Waals surface area (Å²) in [5.41, 5.74) is 7.12. The van der Waals surface area contributed by atoms with E-state index in [1.807, 2.05) is 24.4 Å². The third-order valence-corrected chi connectivity index (χ3v) is 4.32. The molecule has 22 heavy (non-hydrogen) atoms. The molecule has 0 N–H and O–H groups in total. The second-order valence-corrected chi connectivity index (χ2v) is 5.78. The van der Waals surface area contributed by atoms with Gasteiger partial charge in [-0.2, -0.15) is 0 Å². The van der Waals surface area contributed by atoms with Crippen molar-refractivity contribution in [3.05, 3.63) is 71.9 Å². The first kappa shape index (κ1) is 13.2. The molecule has 0 fully saturated rings. The molecule has 3 aromatic rings. The van der Waals surface area contributed by atoms with Gasteiger partial charge in [0.2, 0.25) is 0 Å². The molecule has 0 saturated carbocycles. The summed E-state index contributed by atoms with van der Waals surface area (Å²) in [5.74, 6) is 0. The number of aryl methyl sites for hydroxylation is 1. The van der Waals surface area contributed by atoms with Crippen molar-refractivity contribution in [1.82, 2.24) is 9.97 Å². The number of aromatic nitrogens is 2. The van der Waals surface area contributed by atoms with Crippen LogP contribution in [-0.2, 0) is 12.8 Å². The molecule has 0 unspecified atom stereocenters. The van der Waals surface area contributed by atoms with Crippen molar-refractivity contribution < 1.29 is 0 Å². The van der Waals surface area contributed by atoms with Crippen LogP contribution in [-0.4, -0.2) is 9.97 Å². The molecule has 0 spiro atoms. The van der Waals surface area contributed by atoms with Crippen LogP contribution in [0.5, 0.6) is 0 Å². The molecule has 4 rings (SSSR count). The summed E-state index contributed by atoms with van der Waals surface area (Å²) in [6.45, 7) is 0. The van der Waals surface area contributed by atoms with Crippen LogP contribution in [0.25, 0.3) is 22.6 Å². The molecule has 0 aliphatic heterocycles. The van der Waals surface area contributed by atoms with Gasteiger partial charge in [-0.25, -0.2) is 4.98 Å². The maximum atomic E-state index is 4.96. The van der Waals surface area contributed by atoms with Crippen LogP contribution in [0.4, 0.5) is 0 Å². The standard InChI is InChI=1S/C20H18N2/c1-2-8-15(9-3-1)19-14-16-10-4-5-11-17(16)20(22-19)18-12-6-7-13-21-18/h1-3,6-9,12-14H,4-5,10-11H2. The van der Waals surface area contributed by atoms with Gasteiger partial charge >= 0.3 is 0 Å². The van der Waals surface area contributed by atoms with E-state index in [-0.39, 0.29) is 0 Å². The highest BCUT2D eigenvalue weighted by Gasteiger charge is 2.18. The second-order valence-electron chi connectivity index (χ2n) is 5.78. The molecule has 0 saturated heterocycles. The van der Waals surface area contributed by atoms with E-state index in [1.165, 1.54) is 29.5 Å². The minimum atomic E-state index is 0.985. The van der Waals surface area contributed by atoms with Crippen molar-refractivity contribution in [2.45, 2.75) is 25.7 Å². The lowest BCUT2D eigenvalue weighted by Crippen LogP contribution is -2.07. The molecule has 2 heterocycles. The summed E-state index contributed by atoms with van der Waals surface area (Å²) in [4.78, 5) is 9.49. The smallest absolute Gasteiger partial charge is 0.0928 e. The highest BCUT2D eigenvalue weighted by Crippen LogP contribution is 2.32. The van der Waals surface area contributed by atoms with Gasteiger partial charge in [0, 0.05) is 11.8 Å². The zero-order chi connectivity index (χ0) is 14.8. The number of rotatable bonds is 2. The zero-order valence-corrected chi connectivity index (χ0v) is 12.5. The summed E-state index contributed by atoms with van der Waals surface area (Å²) < 4.78 is 0. The first-order chi connectivity index (χ1) is 10.9. The summed E-state index contributed by atoms with van der Waals surface area (Å²) in [6.07, 6.45) is 6.63. The Balaban J connectivity index is 1.92. The van der Waals surface area contributed by atoms with Crippen molar-refractivity contribution in [2.24, 2.45) is 0 Å². The van der Waals surface area contributed by atoms with Gasteiger partial charge in [-0.3, -0.25) is 4.98 Å². The Labute approximate surface area is 130 Å². The molecule has 1 aliphatic carbocycles. The molecule has 108 valence electrons. The van der Waals surface area contributed by atoms with Gasteiger partial charge in [-0.05, 0) is 55.0 Å². The molecule has 2 heteroatoms.